The Kier molecular flexibility index (Phi) is 10.9. The van der Waals surface area contributed by atoms with Gasteiger partial charge in [0.1, 0.15) is 5.82 Å². The van der Waals surface area contributed by atoms with E-state index >= 15 is 0 Å². The monoisotopic (exact) mass is 755 g/mol. The van der Waals surface area contributed by atoms with Crippen LogP contribution >= 0.6 is 0 Å². The van der Waals surface area contributed by atoms with Gasteiger partial charge in [-0.1, -0.05) is 48.5 Å². The molecule has 4 aliphatic rings. The molecule has 4 heterocycles. The number of aliphatic imine (C=N–C) groups is 1. The van der Waals surface area contributed by atoms with E-state index in [2.05, 4.69) is 68.8 Å². The normalized spacial score (nSPS) is 23.8. The molecule has 2 bridgehead atoms. The molecule has 0 radical (unpaired) electrons. The molecule has 2 unspecified atom stereocenters. The fourth-order valence-corrected chi connectivity index (χ4v) is 9.47. The first-order chi connectivity index (χ1) is 27.3. The number of benzene rings is 2. The van der Waals surface area contributed by atoms with Crippen molar-refractivity contribution in [3.63, 3.8) is 0 Å². The first-order valence-electron chi connectivity index (χ1n) is 19.8. The van der Waals surface area contributed by atoms with Crippen molar-refractivity contribution in [2.75, 3.05) is 20.8 Å². The maximum atomic E-state index is 13.7. The lowest BCUT2D eigenvalue weighted by Crippen LogP contribution is -2.41. The van der Waals surface area contributed by atoms with E-state index in [-0.39, 0.29) is 36.1 Å². The lowest BCUT2D eigenvalue weighted by molar-refractivity contribution is -0.151. The minimum Gasteiger partial charge on any atom is -0.469 e. The highest BCUT2D eigenvalue weighted by atomic mass is 16.5. The second kappa shape index (κ2) is 16.3. The van der Waals surface area contributed by atoms with Crippen molar-refractivity contribution in [2.24, 2.45) is 34.6 Å². The van der Waals surface area contributed by atoms with Crippen molar-refractivity contribution in [3.05, 3.63) is 96.6 Å². The Morgan fingerprint density at radius 3 is 2.36 bits per heavy atom. The number of carbonyl (C=O) groups is 3. The van der Waals surface area contributed by atoms with Gasteiger partial charge >= 0.3 is 5.97 Å². The topological polar surface area (TPSA) is 152 Å². The highest BCUT2D eigenvalue weighted by Crippen LogP contribution is 2.54. The number of methoxy groups -OCH3 is 2. The SMILES string of the molecule is COC(=O)C[C@H](C(=O)N1CCC[C@H]1c1ncc(-c2ccc(-c3ccc(C4=CN=C([C@@H]5C6CCC(C6)[C@H]5C(=O)NCc5cnccn5)C4)cc3)cc2)[nH]1)[C@@H](C)OC. The lowest BCUT2D eigenvalue weighted by atomic mass is 9.75. The van der Waals surface area contributed by atoms with Crippen LogP contribution in [0.2, 0.25) is 0 Å². The molecule has 12 nitrogen and oxygen atoms in total. The molecule has 2 aromatic heterocycles. The van der Waals surface area contributed by atoms with Crippen LogP contribution in [0.5, 0.6) is 0 Å². The minimum absolute atomic E-state index is 0.0324. The van der Waals surface area contributed by atoms with Gasteiger partial charge in [0.2, 0.25) is 11.8 Å². The largest absolute Gasteiger partial charge is 0.469 e. The molecule has 2 N–H and O–H groups in total. The van der Waals surface area contributed by atoms with Crippen LogP contribution in [0, 0.1) is 29.6 Å². The van der Waals surface area contributed by atoms with E-state index in [9.17, 15) is 14.4 Å². The average Bonchev–Trinajstić information content (AvgIpc) is 4.10. The van der Waals surface area contributed by atoms with Gasteiger partial charge in [0.15, 0.2) is 0 Å². The van der Waals surface area contributed by atoms with Crippen LogP contribution in [0.25, 0.3) is 28.0 Å². The molecule has 1 saturated heterocycles. The maximum absolute atomic E-state index is 13.7. The van der Waals surface area contributed by atoms with E-state index < -0.39 is 18.0 Å². The maximum Gasteiger partial charge on any atom is 0.306 e. The summed E-state index contributed by atoms with van der Waals surface area (Å²) in [5, 5.41) is 3.14. The smallest absolute Gasteiger partial charge is 0.306 e. The Hall–Kier alpha value is -5.49. The summed E-state index contributed by atoms with van der Waals surface area (Å²) in [4.78, 5) is 62.7. The molecule has 3 fully saturated rings. The van der Waals surface area contributed by atoms with Crippen molar-refractivity contribution in [1.29, 1.82) is 0 Å². The molecule has 2 amide bonds. The van der Waals surface area contributed by atoms with Crippen LogP contribution in [-0.4, -0.2) is 75.2 Å². The van der Waals surface area contributed by atoms with Gasteiger partial charge in [-0.3, -0.25) is 29.3 Å². The Balaban J connectivity index is 0.889. The summed E-state index contributed by atoms with van der Waals surface area (Å²) in [5.74, 6) is 0.726. The van der Waals surface area contributed by atoms with Crippen LogP contribution < -0.4 is 5.32 Å². The second-order valence-corrected chi connectivity index (χ2v) is 15.6. The molecule has 2 aromatic carbocycles. The fourth-order valence-electron chi connectivity index (χ4n) is 9.47. The van der Waals surface area contributed by atoms with Gasteiger partial charge in [-0.25, -0.2) is 4.98 Å². The Morgan fingerprint density at radius 2 is 1.64 bits per heavy atom. The number of rotatable bonds is 13. The molecule has 290 valence electrons. The number of hydrogen-bond donors (Lipinski definition) is 2. The van der Waals surface area contributed by atoms with Crippen LogP contribution in [0.3, 0.4) is 0 Å². The van der Waals surface area contributed by atoms with Crippen LogP contribution in [0.15, 0.2) is 84.5 Å². The number of amides is 2. The van der Waals surface area contributed by atoms with E-state index in [1.165, 1.54) is 19.1 Å². The van der Waals surface area contributed by atoms with Crippen molar-refractivity contribution in [1.82, 2.24) is 30.2 Å². The zero-order valence-electron chi connectivity index (χ0n) is 32.2. The van der Waals surface area contributed by atoms with Gasteiger partial charge in [0.05, 0.1) is 61.9 Å². The van der Waals surface area contributed by atoms with Crippen molar-refractivity contribution in [3.8, 4) is 22.4 Å². The second-order valence-electron chi connectivity index (χ2n) is 15.6. The van der Waals surface area contributed by atoms with Gasteiger partial charge in [-0.05, 0) is 78.7 Å². The van der Waals surface area contributed by atoms with Crippen molar-refractivity contribution < 1.29 is 23.9 Å². The van der Waals surface area contributed by atoms with Crippen molar-refractivity contribution in [2.45, 2.75) is 70.6 Å². The number of nitrogens with one attached hydrogen (secondary N) is 2. The number of imidazole rings is 1. The number of carbonyl (C=O) groups excluding carboxylic acids is 3. The summed E-state index contributed by atoms with van der Waals surface area (Å²) in [6, 6.07) is 16.8. The summed E-state index contributed by atoms with van der Waals surface area (Å²) in [6.45, 7) is 2.79. The Morgan fingerprint density at radius 1 is 0.911 bits per heavy atom. The molecule has 56 heavy (non-hydrogen) atoms. The van der Waals surface area contributed by atoms with E-state index in [0.29, 0.717) is 24.9 Å². The molecule has 8 rings (SSSR count). The highest BCUT2D eigenvalue weighted by molar-refractivity contribution is 6.02. The summed E-state index contributed by atoms with van der Waals surface area (Å²) in [6.07, 6.45) is 14.1. The summed E-state index contributed by atoms with van der Waals surface area (Å²) < 4.78 is 10.3. The first-order valence-corrected chi connectivity index (χ1v) is 19.8. The van der Waals surface area contributed by atoms with Gasteiger partial charge in [0.25, 0.3) is 0 Å². The molecular formula is C44H49N7O5. The quantitative estimate of drug-likeness (QED) is 0.145. The van der Waals surface area contributed by atoms with Gasteiger partial charge in [-0.15, -0.1) is 0 Å². The number of fused-ring (bicyclic) bond motifs is 2. The van der Waals surface area contributed by atoms with Crippen LogP contribution in [0.4, 0.5) is 0 Å². The number of ether oxygens (including phenoxy) is 2. The molecule has 4 aromatic rings. The van der Waals surface area contributed by atoms with Gasteiger partial charge < -0.3 is 24.7 Å². The average molecular weight is 756 g/mol. The predicted molar refractivity (Wildman–Crippen MR) is 211 cm³/mol. The number of aromatic amines is 1. The first kappa shape index (κ1) is 37.4. The Labute approximate surface area is 327 Å². The predicted octanol–water partition coefficient (Wildman–Crippen LogP) is 6.58. The number of allylic oxidation sites excluding steroid dienone is 1. The highest BCUT2D eigenvalue weighted by Gasteiger charge is 2.52. The molecule has 2 saturated carbocycles. The standard InChI is InChI=1S/C44H49N7O5/c1-26(55-2)35(21-39(52)56-3)44(54)51-18-4-5-38(51)42-48-25-37(50-42)30-12-10-28(11-13-30)27-6-8-29(9-7-27)33-20-36(47-22-33)40-31-14-15-32(19-31)41(40)43(53)49-24-34-23-45-16-17-46-34/h6-13,16-17,22-23,25-26,31-32,35,38,40-41H,4-5,14-15,18-21,24H2,1-3H3,(H,48,50)(H,49,53)/t26-,31?,32?,35+,38+,40+,41-/m1/s1. The zero-order chi connectivity index (χ0) is 38.8. The molecule has 0 spiro atoms. The van der Waals surface area contributed by atoms with E-state index in [1.54, 1.807) is 32.6 Å². The zero-order valence-corrected chi connectivity index (χ0v) is 32.2. The van der Waals surface area contributed by atoms with Crippen molar-refractivity contribution >= 4 is 29.1 Å². The third-order valence-corrected chi connectivity index (χ3v) is 12.5. The van der Waals surface area contributed by atoms with Crippen LogP contribution in [0.1, 0.15) is 75.0 Å². The molecule has 12 heteroatoms. The molecule has 2 aliphatic heterocycles. The molecular weight excluding hydrogens is 707 g/mol. The van der Waals surface area contributed by atoms with E-state index in [1.807, 2.05) is 17.3 Å². The summed E-state index contributed by atoms with van der Waals surface area (Å²) in [5.41, 5.74) is 8.33. The number of aromatic nitrogens is 4. The lowest BCUT2D eigenvalue weighted by Gasteiger charge is -2.30. The van der Waals surface area contributed by atoms with Crippen LogP contribution in [-0.2, 0) is 30.4 Å². The van der Waals surface area contributed by atoms with E-state index in [4.69, 9.17) is 19.5 Å². The minimum atomic E-state index is -0.633. The molecule has 2 aliphatic carbocycles. The van der Waals surface area contributed by atoms with Gasteiger partial charge in [-0.2, -0.15) is 0 Å². The third kappa shape index (κ3) is 7.54. The van der Waals surface area contributed by atoms with E-state index in [0.717, 1.165) is 77.3 Å². The number of H-pyrrole nitrogens is 1. The number of likely N-dealkylation sites (tertiary alicyclic amines) is 1. The third-order valence-electron chi connectivity index (χ3n) is 12.5. The Bertz CT molecular complexity index is 2110. The number of esters is 1. The summed E-state index contributed by atoms with van der Waals surface area (Å²) in [7, 11) is 2.88. The van der Waals surface area contributed by atoms with Gasteiger partial charge in [0, 0.05) is 56.2 Å². The number of nitrogens with zero attached hydrogens (tertiary/aromatic N) is 5. The number of hydrogen-bond acceptors (Lipinski definition) is 9. The summed E-state index contributed by atoms with van der Waals surface area (Å²) >= 11 is 0. The fraction of sp³-hybridized carbons (Fsp3) is 0.432. The molecule has 7 atom stereocenters.